The molecule has 0 radical (unpaired) electrons. The lowest BCUT2D eigenvalue weighted by Gasteiger charge is -2.16. The molecule has 9 heteroatoms. The number of pyridine rings is 1. The van der Waals surface area contributed by atoms with Crippen LogP contribution < -0.4 is 15.6 Å². The Hall–Kier alpha value is -2.35. The Balaban J connectivity index is 2.07. The number of nitrogens with zero attached hydrogens (tertiary/aromatic N) is 1. The van der Waals surface area contributed by atoms with Crippen molar-refractivity contribution in [2.24, 2.45) is 0 Å². The maximum Gasteiger partial charge on any atom is 0.322 e. The fourth-order valence-electron chi connectivity index (χ4n) is 1.99. The second-order valence-corrected chi connectivity index (χ2v) is 5.68. The van der Waals surface area contributed by atoms with E-state index in [-0.39, 0.29) is 22.0 Å². The molecule has 2 rings (SSSR count). The van der Waals surface area contributed by atoms with Crippen molar-refractivity contribution in [1.29, 1.82) is 0 Å². The molecule has 1 heterocycles. The van der Waals surface area contributed by atoms with Crippen molar-refractivity contribution in [2.45, 2.75) is 12.5 Å². The molecule has 0 saturated heterocycles. The van der Waals surface area contributed by atoms with Gasteiger partial charge in [0.25, 0.3) is 5.91 Å². The fraction of sp³-hybridized carbons (Fsp3) is 0.133. The van der Waals surface area contributed by atoms with E-state index in [2.05, 4.69) is 10.9 Å². The molecule has 3 N–H and O–H groups in total. The van der Waals surface area contributed by atoms with Crippen molar-refractivity contribution >= 4 is 35.1 Å². The minimum Gasteiger partial charge on any atom is -0.619 e. The molecule has 0 unspecified atom stereocenters. The average Bonchev–Trinajstić information content (AvgIpc) is 2.51. The molecule has 0 aliphatic rings. The van der Waals surface area contributed by atoms with E-state index in [0.717, 1.165) is 18.0 Å². The maximum atomic E-state index is 12.1. The minimum absolute atomic E-state index is 0.123. The molecule has 126 valence electrons. The monoisotopic (exact) mass is 369 g/mol. The number of carboxylic acids is 1. The van der Waals surface area contributed by atoms with Crippen LogP contribution in [-0.2, 0) is 11.2 Å². The standard InChI is InChI=1S/C15H13Cl2N3O4/c16-10-7-20(24)8-11(17)13(10)14(21)19-18-12(15(22)23)6-9-4-2-1-3-5-9/h1-5,7-8,12,18H,6H2,(H,19,21)(H,22,23)/t12-/m0/s1. The zero-order valence-corrected chi connectivity index (χ0v) is 13.7. The normalized spacial score (nSPS) is 11.8. The smallest absolute Gasteiger partial charge is 0.322 e. The third-order valence-electron chi connectivity index (χ3n) is 3.13. The number of amides is 1. The molecule has 1 amide bonds. The van der Waals surface area contributed by atoms with Crippen LogP contribution in [-0.4, -0.2) is 23.0 Å². The molecule has 7 nitrogen and oxygen atoms in total. The van der Waals surface area contributed by atoms with E-state index in [1.807, 2.05) is 6.07 Å². The molecule has 0 saturated carbocycles. The van der Waals surface area contributed by atoms with E-state index in [9.17, 15) is 19.9 Å². The van der Waals surface area contributed by atoms with Gasteiger partial charge >= 0.3 is 5.97 Å². The number of carboxylic acid groups (broad SMARTS) is 1. The summed E-state index contributed by atoms with van der Waals surface area (Å²) in [5.41, 5.74) is 5.35. The Labute approximate surface area is 147 Å². The van der Waals surface area contributed by atoms with E-state index < -0.39 is 17.9 Å². The number of carbonyl (C=O) groups excluding carboxylic acids is 1. The van der Waals surface area contributed by atoms with Crippen LogP contribution in [0.3, 0.4) is 0 Å². The highest BCUT2D eigenvalue weighted by Gasteiger charge is 2.22. The van der Waals surface area contributed by atoms with Gasteiger partial charge in [0.1, 0.15) is 16.1 Å². The number of nitrogens with one attached hydrogen (secondary N) is 2. The summed E-state index contributed by atoms with van der Waals surface area (Å²) in [6, 6.07) is 7.88. The zero-order valence-electron chi connectivity index (χ0n) is 12.2. The number of carbonyl (C=O) groups is 2. The molecular weight excluding hydrogens is 357 g/mol. The highest BCUT2D eigenvalue weighted by molar-refractivity contribution is 6.39. The van der Waals surface area contributed by atoms with Gasteiger partial charge in [0.15, 0.2) is 12.4 Å². The van der Waals surface area contributed by atoms with E-state index in [1.165, 1.54) is 0 Å². The highest BCUT2D eigenvalue weighted by atomic mass is 35.5. The number of hydrazine groups is 1. The van der Waals surface area contributed by atoms with Gasteiger partial charge in [0.05, 0.1) is 5.56 Å². The third-order valence-corrected chi connectivity index (χ3v) is 3.70. The lowest BCUT2D eigenvalue weighted by molar-refractivity contribution is -0.605. The molecular formula is C15H13Cl2N3O4. The molecule has 24 heavy (non-hydrogen) atoms. The van der Waals surface area contributed by atoms with Crippen molar-refractivity contribution in [3.8, 4) is 0 Å². The maximum absolute atomic E-state index is 12.1. The van der Waals surface area contributed by atoms with Crippen molar-refractivity contribution in [3.05, 3.63) is 69.1 Å². The number of aliphatic carboxylic acids is 1. The van der Waals surface area contributed by atoms with Crippen molar-refractivity contribution in [2.75, 3.05) is 0 Å². The molecule has 2 aromatic rings. The highest BCUT2D eigenvalue weighted by Crippen LogP contribution is 2.21. The number of hydrogen-bond donors (Lipinski definition) is 3. The third kappa shape index (κ3) is 4.58. The number of halogens is 2. The van der Waals surface area contributed by atoms with Crippen LogP contribution >= 0.6 is 23.2 Å². The molecule has 0 fully saturated rings. The average molecular weight is 370 g/mol. The van der Waals surface area contributed by atoms with Crippen molar-refractivity contribution in [1.82, 2.24) is 10.9 Å². The first-order valence-electron chi connectivity index (χ1n) is 6.79. The van der Waals surface area contributed by atoms with Gasteiger partial charge in [0.2, 0.25) is 0 Å². The van der Waals surface area contributed by atoms with Gasteiger partial charge < -0.3 is 10.3 Å². The van der Waals surface area contributed by atoms with Gasteiger partial charge in [-0.2, -0.15) is 4.73 Å². The first-order valence-corrected chi connectivity index (χ1v) is 7.54. The van der Waals surface area contributed by atoms with Gasteiger partial charge in [0, 0.05) is 6.42 Å². The van der Waals surface area contributed by atoms with Gasteiger partial charge in [-0.1, -0.05) is 53.5 Å². The van der Waals surface area contributed by atoms with Crippen LogP contribution in [0.2, 0.25) is 10.0 Å². The predicted molar refractivity (Wildman–Crippen MR) is 87.6 cm³/mol. The summed E-state index contributed by atoms with van der Waals surface area (Å²) in [5.74, 6) is -1.88. The summed E-state index contributed by atoms with van der Waals surface area (Å²) < 4.78 is 0.365. The van der Waals surface area contributed by atoms with Crippen LogP contribution in [0.4, 0.5) is 0 Å². The topological polar surface area (TPSA) is 105 Å². The first-order chi connectivity index (χ1) is 11.4. The summed E-state index contributed by atoms with van der Waals surface area (Å²) in [4.78, 5) is 23.5. The molecule has 0 aliphatic heterocycles. The minimum atomic E-state index is -1.14. The quantitative estimate of drug-likeness (QED) is 0.407. The molecule has 0 aliphatic carbocycles. The van der Waals surface area contributed by atoms with Crippen molar-refractivity contribution < 1.29 is 19.4 Å². The molecule has 1 aromatic heterocycles. The largest absolute Gasteiger partial charge is 0.619 e. The summed E-state index contributed by atoms with van der Waals surface area (Å²) in [6.45, 7) is 0. The summed E-state index contributed by atoms with van der Waals surface area (Å²) in [5, 5.41) is 20.1. The number of rotatable bonds is 6. The van der Waals surface area contributed by atoms with E-state index in [0.29, 0.717) is 4.73 Å². The van der Waals surface area contributed by atoms with Gasteiger partial charge in [-0.05, 0) is 5.56 Å². The summed E-state index contributed by atoms with van der Waals surface area (Å²) in [7, 11) is 0. The van der Waals surface area contributed by atoms with Crippen molar-refractivity contribution in [3.63, 3.8) is 0 Å². The van der Waals surface area contributed by atoms with Crippen LogP contribution in [0.5, 0.6) is 0 Å². The summed E-state index contributed by atoms with van der Waals surface area (Å²) >= 11 is 11.7. The Morgan fingerprint density at radius 1 is 1.17 bits per heavy atom. The second kappa shape index (κ2) is 7.96. The molecule has 1 aromatic carbocycles. The first kappa shape index (κ1) is 18.0. The van der Waals surface area contributed by atoms with E-state index in [4.69, 9.17) is 23.2 Å². The van der Waals surface area contributed by atoms with Gasteiger partial charge in [-0.15, -0.1) is 0 Å². The van der Waals surface area contributed by atoms with E-state index in [1.54, 1.807) is 24.3 Å². The Bertz CT molecular complexity index is 733. The van der Waals surface area contributed by atoms with Crippen LogP contribution in [0.25, 0.3) is 0 Å². The number of aromatic nitrogens is 1. The van der Waals surface area contributed by atoms with E-state index >= 15 is 0 Å². The fourth-order valence-corrected chi connectivity index (χ4v) is 2.60. The SMILES string of the molecule is O=C(NN[C@@H](Cc1ccccc1)C(=O)O)c1c(Cl)c[n+]([O-])cc1Cl. The lowest BCUT2D eigenvalue weighted by Crippen LogP contribution is -2.49. The molecule has 0 bridgehead atoms. The number of hydrogen-bond acceptors (Lipinski definition) is 4. The Morgan fingerprint density at radius 3 is 2.29 bits per heavy atom. The van der Waals surface area contributed by atoms with Crippen LogP contribution in [0.15, 0.2) is 42.7 Å². The Morgan fingerprint density at radius 2 is 1.75 bits per heavy atom. The van der Waals surface area contributed by atoms with Crippen LogP contribution in [0, 0.1) is 5.21 Å². The van der Waals surface area contributed by atoms with Crippen LogP contribution in [0.1, 0.15) is 15.9 Å². The molecule has 1 atom stereocenters. The molecule has 0 spiro atoms. The second-order valence-electron chi connectivity index (χ2n) is 4.87. The van der Waals surface area contributed by atoms with Gasteiger partial charge in [-0.3, -0.25) is 15.0 Å². The predicted octanol–water partition coefficient (Wildman–Crippen LogP) is 1.56. The zero-order chi connectivity index (χ0) is 17.7. The lowest BCUT2D eigenvalue weighted by atomic mass is 10.1. The summed E-state index contributed by atoms with van der Waals surface area (Å²) in [6.07, 6.45) is 2.11. The number of benzene rings is 1. The van der Waals surface area contributed by atoms with Gasteiger partial charge in [-0.25, -0.2) is 5.43 Å². The Kier molecular flexibility index (Phi) is 5.97.